The van der Waals surface area contributed by atoms with Gasteiger partial charge in [0.05, 0.1) is 11.0 Å². The van der Waals surface area contributed by atoms with Crippen LogP contribution in [0.1, 0.15) is 25.7 Å². The average Bonchev–Trinajstić information content (AvgIpc) is 3.06. The first-order valence-corrected chi connectivity index (χ1v) is 7.70. The summed E-state index contributed by atoms with van der Waals surface area (Å²) in [4.78, 5) is 7.52. The summed E-state index contributed by atoms with van der Waals surface area (Å²) in [7, 11) is -3.68. The lowest BCUT2D eigenvalue weighted by Crippen LogP contribution is -2.28. The van der Waals surface area contributed by atoms with Gasteiger partial charge in [0.1, 0.15) is 0 Å². The van der Waals surface area contributed by atoms with Crippen LogP contribution in [0.4, 0.5) is 0 Å². The van der Waals surface area contributed by atoms with Crippen molar-refractivity contribution in [2.24, 2.45) is 0 Å². The highest BCUT2D eigenvalue weighted by molar-refractivity contribution is 7.89. The number of benzene rings is 1. The SMILES string of the molecule is O=S(=O)(NOC1CCCC1)c1ccc2c(c1)OCO2. The van der Waals surface area contributed by atoms with Crippen LogP contribution in [0.3, 0.4) is 0 Å². The number of hydrogen-bond acceptors (Lipinski definition) is 5. The Morgan fingerprint density at radius 3 is 2.68 bits per heavy atom. The number of nitrogens with one attached hydrogen (secondary N) is 1. The zero-order valence-electron chi connectivity index (χ0n) is 10.3. The summed E-state index contributed by atoms with van der Waals surface area (Å²) in [6.07, 6.45) is 3.92. The van der Waals surface area contributed by atoms with Gasteiger partial charge < -0.3 is 9.47 Å². The van der Waals surface area contributed by atoms with Crippen molar-refractivity contribution in [2.45, 2.75) is 36.7 Å². The number of rotatable bonds is 4. The smallest absolute Gasteiger partial charge is 0.262 e. The predicted octanol–water partition coefficient (Wildman–Crippen LogP) is 1.57. The summed E-state index contributed by atoms with van der Waals surface area (Å²) < 4.78 is 34.4. The van der Waals surface area contributed by atoms with E-state index in [9.17, 15) is 8.42 Å². The van der Waals surface area contributed by atoms with Gasteiger partial charge in [0.25, 0.3) is 10.0 Å². The van der Waals surface area contributed by atoms with Gasteiger partial charge in [0.15, 0.2) is 11.5 Å². The van der Waals surface area contributed by atoms with Crippen molar-refractivity contribution in [1.82, 2.24) is 4.89 Å². The molecule has 104 valence electrons. The second kappa shape index (κ2) is 4.99. The average molecular weight is 285 g/mol. The van der Waals surface area contributed by atoms with E-state index in [1.54, 1.807) is 6.07 Å². The number of hydrogen-bond donors (Lipinski definition) is 1. The molecule has 1 aliphatic carbocycles. The quantitative estimate of drug-likeness (QED) is 0.850. The molecule has 0 aromatic heterocycles. The molecule has 0 unspecified atom stereocenters. The maximum atomic E-state index is 12.1. The van der Waals surface area contributed by atoms with Gasteiger partial charge in [0, 0.05) is 6.07 Å². The molecular weight excluding hydrogens is 270 g/mol. The first-order valence-electron chi connectivity index (χ1n) is 6.22. The van der Waals surface area contributed by atoms with Crippen LogP contribution in [0.2, 0.25) is 0 Å². The molecule has 7 heteroatoms. The van der Waals surface area contributed by atoms with E-state index in [1.807, 2.05) is 0 Å². The van der Waals surface area contributed by atoms with Gasteiger partial charge in [-0.15, -0.1) is 0 Å². The standard InChI is InChI=1S/C12H15NO5S/c14-19(15,13-18-9-3-1-2-4-9)10-5-6-11-12(7-10)17-8-16-11/h5-7,9,13H,1-4,8H2. The second-order valence-electron chi connectivity index (χ2n) is 4.63. The van der Waals surface area contributed by atoms with E-state index in [0.717, 1.165) is 25.7 Å². The van der Waals surface area contributed by atoms with Gasteiger partial charge in [-0.25, -0.2) is 8.42 Å². The van der Waals surface area contributed by atoms with Crippen molar-refractivity contribution in [2.75, 3.05) is 6.79 Å². The molecule has 0 amide bonds. The summed E-state index contributed by atoms with van der Waals surface area (Å²) in [5.41, 5.74) is 0. The maximum absolute atomic E-state index is 12.1. The molecule has 0 spiro atoms. The molecule has 19 heavy (non-hydrogen) atoms. The molecular formula is C12H15NO5S. The Hall–Kier alpha value is -1.31. The van der Waals surface area contributed by atoms with Crippen LogP contribution in [0, 0.1) is 0 Å². The molecule has 1 fully saturated rings. The highest BCUT2D eigenvalue weighted by atomic mass is 32.2. The van der Waals surface area contributed by atoms with Crippen LogP contribution in [-0.4, -0.2) is 21.3 Å². The van der Waals surface area contributed by atoms with Crippen LogP contribution in [0.25, 0.3) is 0 Å². The summed E-state index contributed by atoms with van der Waals surface area (Å²) in [5, 5.41) is 0. The van der Waals surface area contributed by atoms with Crippen molar-refractivity contribution in [3.63, 3.8) is 0 Å². The van der Waals surface area contributed by atoms with E-state index in [1.165, 1.54) is 12.1 Å². The number of fused-ring (bicyclic) bond motifs is 1. The Labute approximate surface area is 111 Å². The van der Waals surface area contributed by atoms with E-state index in [4.69, 9.17) is 14.3 Å². The van der Waals surface area contributed by atoms with E-state index in [2.05, 4.69) is 4.89 Å². The van der Waals surface area contributed by atoms with E-state index >= 15 is 0 Å². The highest BCUT2D eigenvalue weighted by Gasteiger charge is 2.23. The van der Waals surface area contributed by atoms with Crippen LogP contribution in [0.15, 0.2) is 23.1 Å². The topological polar surface area (TPSA) is 73.9 Å². The maximum Gasteiger partial charge on any atom is 0.262 e. The van der Waals surface area contributed by atoms with Crippen molar-refractivity contribution in [3.8, 4) is 11.5 Å². The third kappa shape index (κ3) is 2.68. The molecule has 1 aliphatic heterocycles. The Balaban J connectivity index is 1.72. The second-order valence-corrected chi connectivity index (χ2v) is 6.27. The minimum atomic E-state index is -3.68. The lowest BCUT2D eigenvalue weighted by molar-refractivity contribution is 0.0223. The van der Waals surface area contributed by atoms with Gasteiger partial charge in [-0.05, 0) is 25.0 Å². The summed E-state index contributed by atoms with van der Waals surface area (Å²) >= 11 is 0. The first kappa shape index (κ1) is 12.7. The van der Waals surface area contributed by atoms with Crippen LogP contribution in [0.5, 0.6) is 11.5 Å². The number of ether oxygens (including phenoxy) is 2. The minimum Gasteiger partial charge on any atom is -0.454 e. The van der Waals surface area contributed by atoms with Gasteiger partial charge in [-0.3, -0.25) is 4.84 Å². The Bertz CT molecular complexity index is 565. The largest absolute Gasteiger partial charge is 0.454 e. The lowest BCUT2D eigenvalue weighted by atomic mass is 10.3. The molecule has 0 radical (unpaired) electrons. The fourth-order valence-electron chi connectivity index (χ4n) is 2.23. The lowest BCUT2D eigenvalue weighted by Gasteiger charge is -2.12. The van der Waals surface area contributed by atoms with Crippen LogP contribution >= 0.6 is 0 Å². The first-order chi connectivity index (χ1) is 9.15. The third-order valence-electron chi connectivity index (χ3n) is 3.28. The summed E-state index contributed by atoms with van der Waals surface area (Å²) in [6.45, 7) is 0.116. The molecule has 1 N–H and O–H groups in total. The van der Waals surface area contributed by atoms with E-state index in [-0.39, 0.29) is 17.8 Å². The molecule has 2 aliphatic rings. The van der Waals surface area contributed by atoms with Crippen molar-refractivity contribution < 1.29 is 22.7 Å². The predicted molar refractivity (Wildman–Crippen MR) is 66.2 cm³/mol. The molecule has 0 bridgehead atoms. The molecule has 6 nitrogen and oxygen atoms in total. The normalized spacial score (nSPS) is 18.9. The molecule has 3 rings (SSSR count). The van der Waals surface area contributed by atoms with Crippen molar-refractivity contribution in [3.05, 3.63) is 18.2 Å². The Kier molecular flexibility index (Phi) is 3.34. The molecule has 0 saturated heterocycles. The Morgan fingerprint density at radius 2 is 1.89 bits per heavy atom. The summed E-state index contributed by atoms with van der Waals surface area (Å²) in [5.74, 6) is 0.986. The van der Waals surface area contributed by atoms with Gasteiger partial charge in [-0.2, -0.15) is 0 Å². The molecule has 1 heterocycles. The highest BCUT2D eigenvalue weighted by Crippen LogP contribution is 2.33. The zero-order valence-corrected chi connectivity index (χ0v) is 11.1. The van der Waals surface area contributed by atoms with Crippen LogP contribution in [-0.2, 0) is 14.9 Å². The molecule has 1 aromatic rings. The minimum absolute atomic E-state index is 0.0243. The fraction of sp³-hybridized carbons (Fsp3) is 0.500. The van der Waals surface area contributed by atoms with Crippen LogP contribution < -0.4 is 14.4 Å². The fourth-order valence-corrected chi connectivity index (χ4v) is 3.10. The monoisotopic (exact) mass is 285 g/mol. The van der Waals surface area contributed by atoms with E-state index in [0.29, 0.717) is 11.5 Å². The van der Waals surface area contributed by atoms with Crippen molar-refractivity contribution >= 4 is 10.0 Å². The van der Waals surface area contributed by atoms with E-state index < -0.39 is 10.0 Å². The molecule has 1 aromatic carbocycles. The van der Waals surface area contributed by atoms with Gasteiger partial charge in [0.2, 0.25) is 6.79 Å². The molecule has 1 saturated carbocycles. The Morgan fingerprint density at radius 1 is 1.16 bits per heavy atom. The zero-order chi connectivity index (χ0) is 13.3. The summed E-state index contributed by atoms with van der Waals surface area (Å²) in [6, 6.07) is 4.48. The molecule has 0 atom stereocenters. The van der Waals surface area contributed by atoms with Gasteiger partial charge in [-0.1, -0.05) is 17.7 Å². The van der Waals surface area contributed by atoms with Gasteiger partial charge >= 0.3 is 0 Å². The number of sulfonamides is 1. The third-order valence-corrected chi connectivity index (χ3v) is 4.47. The van der Waals surface area contributed by atoms with Crippen molar-refractivity contribution in [1.29, 1.82) is 0 Å².